The van der Waals surface area contributed by atoms with Crippen LogP contribution in [0.25, 0.3) is 0 Å². The van der Waals surface area contributed by atoms with Crippen LogP contribution < -0.4 is 20.5 Å². The number of hydrogen-bond donors (Lipinski definition) is 2. The Morgan fingerprint density at radius 1 is 1.07 bits per heavy atom. The third-order valence-electron chi connectivity index (χ3n) is 5.42. The Labute approximate surface area is 184 Å². The molecule has 1 saturated carbocycles. The summed E-state index contributed by atoms with van der Waals surface area (Å²) in [5, 5.41) is 3.23. The van der Waals surface area contributed by atoms with Gasteiger partial charge in [0.1, 0.15) is 0 Å². The van der Waals surface area contributed by atoms with Gasteiger partial charge in [0.2, 0.25) is 0 Å². The molecule has 0 heterocycles. The molecule has 6 heteroatoms. The highest BCUT2D eigenvalue weighted by molar-refractivity contribution is 14.0. The minimum absolute atomic E-state index is 0. The highest BCUT2D eigenvalue weighted by Gasteiger charge is 2.38. The summed E-state index contributed by atoms with van der Waals surface area (Å²) in [7, 11) is 3.29. The van der Waals surface area contributed by atoms with Crippen LogP contribution in [0.2, 0.25) is 0 Å². The van der Waals surface area contributed by atoms with Gasteiger partial charge in [-0.1, -0.05) is 42.8 Å². The number of nitrogens with one attached hydrogen (secondary N) is 1. The first-order valence-corrected chi connectivity index (χ1v) is 9.47. The summed E-state index contributed by atoms with van der Waals surface area (Å²) in [6.45, 7) is 1.47. The van der Waals surface area contributed by atoms with Crippen molar-refractivity contribution in [2.75, 3.05) is 27.3 Å². The number of guanidine groups is 1. The molecule has 0 spiro atoms. The molecule has 2 aromatic rings. The fourth-order valence-electron chi connectivity index (χ4n) is 3.60. The molecule has 0 aromatic heterocycles. The third kappa shape index (κ3) is 5.31. The van der Waals surface area contributed by atoms with E-state index >= 15 is 0 Å². The molecule has 1 aliphatic carbocycles. The minimum Gasteiger partial charge on any atom is -0.493 e. The molecule has 3 rings (SSSR count). The minimum atomic E-state index is 0. The van der Waals surface area contributed by atoms with Gasteiger partial charge in [0, 0.05) is 12.0 Å². The molecule has 1 aliphatic rings. The molecule has 0 aliphatic heterocycles. The lowest BCUT2D eigenvalue weighted by molar-refractivity contribution is 0.253. The van der Waals surface area contributed by atoms with Gasteiger partial charge < -0.3 is 20.5 Å². The van der Waals surface area contributed by atoms with E-state index in [0.29, 0.717) is 5.96 Å². The van der Waals surface area contributed by atoms with Crippen LogP contribution in [0.5, 0.6) is 11.5 Å². The number of halogens is 1. The van der Waals surface area contributed by atoms with E-state index in [4.69, 9.17) is 15.2 Å². The predicted molar refractivity (Wildman–Crippen MR) is 125 cm³/mol. The standard InChI is InChI=1S/C22H29N3O2.HI/c1-26-19-10-9-17(15-20(19)27-2)11-14-24-21(23)25-16-22(12-6-13-22)18-7-4-3-5-8-18;/h3-5,7-10,15H,6,11-14,16H2,1-2H3,(H3,23,24,25);1H. The van der Waals surface area contributed by atoms with E-state index in [2.05, 4.69) is 40.6 Å². The summed E-state index contributed by atoms with van der Waals surface area (Å²) < 4.78 is 10.6. The van der Waals surface area contributed by atoms with Crippen LogP contribution in [0.15, 0.2) is 53.5 Å². The Bertz CT molecular complexity index is 777. The van der Waals surface area contributed by atoms with E-state index in [1.807, 2.05) is 18.2 Å². The topological polar surface area (TPSA) is 68.9 Å². The maximum atomic E-state index is 6.10. The summed E-state index contributed by atoms with van der Waals surface area (Å²) >= 11 is 0. The zero-order chi connectivity index (χ0) is 19.1. The Hall–Kier alpha value is -1.96. The second-order valence-electron chi connectivity index (χ2n) is 7.07. The zero-order valence-electron chi connectivity index (χ0n) is 16.6. The Morgan fingerprint density at radius 2 is 1.79 bits per heavy atom. The molecule has 5 nitrogen and oxygen atoms in total. The number of rotatable bonds is 8. The first kappa shape index (κ1) is 22.3. The highest BCUT2D eigenvalue weighted by Crippen LogP contribution is 2.43. The lowest BCUT2D eigenvalue weighted by atomic mass is 9.64. The number of hydrogen-bond acceptors (Lipinski definition) is 3. The van der Waals surface area contributed by atoms with Crippen LogP contribution in [0.4, 0.5) is 0 Å². The van der Waals surface area contributed by atoms with Crippen molar-refractivity contribution in [3.05, 3.63) is 59.7 Å². The summed E-state index contributed by atoms with van der Waals surface area (Å²) in [5.74, 6) is 1.99. The van der Waals surface area contributed by atoms with Gasteiger partial charge in [0.15, 0.2) is 17.5 Å². The van der Waals surface area contributed by atoms with Crippen molar-refractivity contribution in [3.8, 4) is 11.5 Å². The molecule has 152 valence electrons. The van der Waals surface area contributed by atoms with Gasteiger partial charge >= 0.3 is 0 Å². The summed E-state index contributed by atoms with van der Waals surface area (Å²) in [4.78, 5) is 4.63. The molecule has 3 N–H and O–H groups in total. The number of aliphatic imine (C=N–C) groups is 1. The van der Waals surface area contributed by atoms with E-state index in [-0.39, 0.29) is 29.4 Å². The highest BCUT2D eigenvalue weighted by atomic mass is 127. The quantitative estimate of drug-likeness (QED) is 0.331. The van der Waals surface area contributed by atoms with Gasteiger partial charge in [0.25, 0.3) is 0 Å². The maximum Gasteiger partial charge on any atom is 0.188 e. The number of benzene rings is 2. The summed E-state index contributed by atoms with van der Waals surface area (Å²) in [6.07, 6.45) is 4.45. The van der Waals surface area contributed by atoms with Crippen LogP contribution in [0.3, 0.4) is 0 Å². The molecule has 1 fully saturated rings. The molecule has 0 atom stereocenters. The van der Waals surface area contributed by atoms with Gasteiger partial charge in [-0.2, -0.15) is 0 Å². The van der Waals surface area contributed by atoms with Crippen molar-refractivity contribution in [3.63, 3.8) is 0 Å². The Kier molecular flexibility index (Phi) is 8.41. The lowest BCUT2D eigenvalue weighted by Crippen LogP contribution is -2.40. The third-order valence-corrected chi connectivity index (χ3v) is 5.42. The number of nitrogens with two attached hydrogens (primary N) is 1. The molecule has 28 heavy (non-hydrogen) atoms. The van der Waals surface area contributed by atoms with Gasteiger partial charge in [-0.25, -0.2) is 0 Å². The van der Waals surface area contributed by atoms with E-state index in [0.717, 1.165) is 36.6 Å². The smallest absolute Gasteiger partial charge is 0.188 e. The van der Waals surface area contributed by atoms with Crippen molar-refractivity contribution in [2.45, 2.75) is 31.1 Å². The van der Waals surface area contributed by atoms with Crippen molar-refractivity contribution >= 4 is 29.9 Å². The zero-order valence-corrected chi connectivity index (χ0v) is 18.9. The van der Waals surface area contributed by atoms with Crippen LogP contribution >= 0.6 is 24.0 Å². The van der Waals surface area contributed by atoms with Gasteiger partial charge in [-0.05, 0) is 42.5 Å². The van der Waals surface area contributed by atoms with E-state index in [1.165, 1.54) is 24.8 Å². The van der Waals surface area contributed by atoms with Gasteiger partial charge in [-0.3, -0.25) is 4.99 Å². The summed E-state index contributed by atoms with van der Waals surface area (Å²) in [6, 6.07) is 16.6. The average Bonchev–Trinajstić information content (AvgIpc) is 2.68. The molecular weight excluding hydrogens is 465 g/mol. The van der Waals surface area contributed by atoms with Gasteiger partial charge in [0.05, 0.1) is 20.8 Å². The molecule has 0 radical (unpaired) electrons. The average molecular weight is 495 g/mol. The fraction of sp³-hybridized carbons (Fsp3) is 0.409. The molecule has 2 aromatic carbocycles. The van der Waals surface area contributed by atoms with Crippen molar-refractivity contribution < 1.29 is 9.47 Å². The summed E-state index contributed by atoms with van der Waals surface area (Å²) in [5.41, 5.74) is 8.79. The van der Waals surface area contributed by atoms with E-state index < -0.39 is 0 Å². The molecule has 0 amide bonds. The van der Waals surface area contributed by atoms with E-state index in [1.54, 1.807) is 14.2 Å². The monoisotopic (exact) mass is 495 g/mol. The second-order valence-corrected chi connectivity index (χ2v) is 7.07. The molecule has 0 saturated heterocycles. The number of ether oxygens (including phenoxy) is 2. The van der Waals surface area contributed by atoms with Crippen molar-refractivity contribution in [2.24, 2.45) is 10.7 Å². The van der Waals surface area contributed by atoms with Crippen LogP contribution in [0, 0.1) is 0 Å². The molecule has 0 bridgehead atoms. The van der Waals surface area contributed by atoms with Crippen LogP contribution in [-0.4, -0.2) is 33.3 Å². The van der Waals surface area contributed by atoms with Crippen LogP contribution in [-0.2, 0) is 11.8 Å². The Balaban J connectivity index is 0.00000280. The molecular formula is C22H30IN3O2. The fourth-order valence-corrected chi connectivity index (χ4v) is 3.60. The first-order valence-electron chi connectivity index (χ1n) is 9.47. The van der Waals surface area contributed by atoms with Gasteiger partial charge in [-0.15, -0.1) is 24.0 Å². The largest absolute Gasteiger partial charge is 0.493 e. The normalized spacial score (nSPS) is 15.1. The SMILES string of the molecule is COc1ccc(CCNC(N)=NCC2(c3ccccc3)CCC2)cc1OC.I. The number of nitrogens with zero attached hydrogens (tertiary/aromatic N) is 1. The van der Waals surface area contributed by atoms with Crippen LogP contribution in [0.1, 0.15) is 30.4 Å². The first-order chi connectivity index (χ1) is 13.2. The maximum absolute atomic E-state index is 6.10. The number of methoxy groups -OCH3 is 2. The van der Waals surface area contributed by atoms with E-state index in [9.17, 15) is 0 Å². The van der Waals surface area contributed by atoms with Crippen molar-refractivity contribution in [1.29, 1.82) is 0 Å². The van der Waals surface area contributed by atoms with Crippen molar-refractivity contribution in [1.82, 2.24) is 5.32 Å². The lowest BCUT2D eigenvalue weighted by Gasteiger charge is -2.41. The Morgan fingerprint density at radius 3 is 2.39 bits per heavy atom. The predicted octanol–water partition coefficient (Wildman–Crippen LogP) is 3.89. The molecule has 0 unspecified atom stereocenters. The second kappa shape index (κ2) is 10.5.